The van der Waals surface area contributed by atoms with Crippen LogP contribution >= 0.6 is 0 Å². The average molecular weight is 274 g/mol. The van der Waals surface area contributed by atoms with E-state index in [0.29, 0.717) is 31.0 Å². The highest BCUT2D eigenvalue weighted by atomic mass is 32.2. The maximum atomic E-state index is 12.4. The summed E-state index contributed by atoms with van der Waals surface area (Å²) in [4.78, 5) is 0. The Balaban J connectivity index is 1.97. The van der Waals surface area contributed by atoms with Gasteiger partial charge in [-0.05, 0) is 37.1 Å². The van der Waals surface area contributed by atoms with Gasteiger partial charge in [0.2, 0.25) is 10.0 Å². The highest BCUT2D eigenvalue weighted by molar-refractivity contribution is 7.89. The summed E-state index contributed by atoms with van der Waals surface area (Å²) >= 11 is 0. The van der Waals surface area contributed by atoms with E-state index in [-0.39, 0.29) is 5.25 Å². The van der Waals surface area contributed by atoms with Crippen molar-refractivity contribution < 1.29 is 8.42 Å². The van der Waals surface area contributed by atoms with E-state index in [4.69, 9.17) is 0 Å². The SMILES string of the molecule is CC(C)(C)C1CCN(S(=O)(=O)C2CCNC2)CC1. The van der Waals surface area contributed by atoms with Crippen molar-refractivity contribution in [1.82, 2.24) is 9.62 Å². The van der Waals surface area contributed by atoms with E-state index >= 15 is 0 Å². The standard InChI is InChI=1S/C13H26N2O2S/c1-13(2,3)11-5-8-15(9-6-11)18(16,17)12-4-7-14-10-12/h11-12,14H,4-10H2,1-3H3. The van der Waals surface area contributed by atoms with E-state index in [1.807, 2.05) is 0 Å². The van der Waals surface area contributed by atoms with Gasteiger partial charge in [-0.1, -0.05) is 20.8 Å². The summed E-state index contributed by atoms with van der Waals surface area (Å²) in [5, 5.41) is 2.95. The second-order valence-corrected chi connectivity index (χ2v) is 8.91. The maximum Gasteiger partial charge on any atom is 0.218 e. The van der Waals surface area contributed by atoms with E-state index in [2.05, 4.69) is 26.1 Å². The van der Waals surface area contributed by atoms with E-state index in [1.165, 1.54) is 0 Å². The molecule has 1 unspecified atom stereocenters. The van der Waals surface area contributed by atoms with Gasteiger partial charge in [-0.2, -0.15) is 0 Å². The molecule has 1 N–H and O–H groups in total. The smallest absolute Gasteiger partial charge is 0.218 e. The van der Waals surface area contributed by atoms with Crippen LogP contribution < -0.4 is 5.32 Å². The molecule has 2 rings (SSSR count). The van der Waals surface area contributed by atoms with E-state index < -0.39 is 10.0 Å². The van der Waals surface area contributed by atoms with Gasteiger partial charge in [0, 0.05) is 19.6 Å². The van der Waals surface area contributed by atoms with Crippen LogP contribution in [0.4, 0.5) is 0 Å². The highest BCUT2D eigenvalue weighted by Gasteiger charge is 2.38. The molecule has 106 valence electrons. The van der Waals surface area contributed by atoms with Crippen LogP contribution in [0.15, 0.2) is 0 Å². The van der Waals surface area contributed by atoms with Gasteiger partial charge in [-0.3, -0.25) is 0 Å². The van der Waals surface area contributed by atoms with Gasteiger partial charge in [-0.15, -0.1) is 0 Å². The van der Waals surface area contributed by atoms with E-state index in [9.17, 15) is 8.42 Å². The third-order valence-electron chi connectivity index (χ3n) is 4.47. The maximum absolute atomic E-state index is 12.4. The molecule has 0 aromatic rings. The average Bonchev–Trinajstić information content (AvgIpc) is 2.82. The Bertz CT molecular complexity index is 372. The number of hydrogen-bond acceptors (Lipinski definition) is 3. The number of piperidine rings is 1. The molecule has 0 aliphatic carbocycles. The van der Waals surface area contributed by atoms with Crippen LogP contribution in [0.5, 0.6) is 0 Å². The predicted molar refractivity (Wildman–Crippen MR) is 73.9 cm³/mol. The third-order valence-corrected chi connectivity index (χ3v) is 6.80. The number of sulfonamides is 1. The number of rotatable bonds is 2. The van der Waals surface area contributed by atoms with Gasteiger partial charge < -0.3 is 5.32 Å². The summed E-state index contributed by atoms with van der Waals surface area (Å²) in [6.45, 7) is 9.64. The Hall–Kier alpha value is -0.130. The molecule has 0 bridgehead atoms. The zero-order chi connectivity index (χ0) is 13.4. The van der Waals surface area contributed by atoms with Crippen LogP contribution in [0.2, 0.25) is 0 Å². The molecule has 2 fully saturated rings. The van der Waals surface area contributed by atoms with Crippen LogP contribution in [0, 0.1) is 11.3 Å². The van der Waals surface area contributed by atoms with Crippen LogP contribution in [-0.4, -0.2) is 44.2 Å². The molecule has 18 heavy (non-hydrogen) atoms. The Morgan fingerprint density at radius 2 is 1.72 bits per heavy atom. The van der Waals surface area contributed by atoms with Gasteiger partial charge in [0.15, 0.2) is 0 Å². The molecule has 0 amide bonds. The predicted octanol–water partition coefficient (Wildman–Crippen LogP) is 1.44. The first-order chi connectivity index (χ1) is 8.32. The lowest BCUT2D eigenvalue weighted by molar-refractivity contribution is 0.153. The van der Waals surface area contributed by atoms with Crippen molar-refractivity contribution in [2.45, 2.75) is 45.3 Å². The summed E-state index contributed by atoms with van der Waals surface area (Å²) in [7, 11) is -3.06. The fourth-order valence-electron chi connectivity index (χ4n) is 3.07. The lowest BCUT2D eigenvalue weighted by Crippen LogP contribution is -2.45. The topological polar surface area (TPSA) is 49.4 Å². The summed E-state index contributed by atoms with van der Waals surface area (Å²) < 4.78 is 26.6. The number of hydrogen-bond donors (Lipinski definition) is 1. The Morgan fingerprint density at radius 3 is 2.17 bits per heavy atom. The Morgan fingerprint density at radius 1 is 1.11 bits per heavy atom. The fourth-order valence-corrected chi connectivity index (χ4v) is 4.96. The molecule has 1 atom stereocenters. The normalized spacial score (nSPS) is 28.7. The summed E-state index contributed by atoms with van der Waals surface area (Å²) in [6.07, 6.45) is 2.77. The molecule has 2 aliphatic heterocycles. The molecule has 2 heterocycles. The molecule has 2 saturated heterocycles. The van der Waals surface area contributed by atoms with Crippen molar-refractivity contribution in [2.75, 3.05) is 26.2 Å². The molecule has 0 aromatic heterocycles. The molecule has 2 aliphatic rings. The second-order valence-electron chi connectivity index (χ2n) is 6.70. The van der Waals surface area contributed by atoms with Crippen molar-refractivity contribution in [1.29, 1.82) is 0 Å². The van der Waals surface area contributed by atoms with Crippen molar-refractivity contribution in [2.24, 2.45) is 11.3 Å². The van der Waals surface area contributed by atoms with Crippen LogP contribution in [0.3, 0.4) is 0 Å². The summed E-state index contributed by atoms with van der Waals surface area (Å²) in [5.74, 6) is 0.644. The monoisotopic (exact) mass is 274 g/mol. The number of nitrogens with zero attached hydrogens (tertiary/aromatic N) is 1. The first kappa shape index (κ1) is 14.3. The fraction of sp³-hybridized carbons (Fsp3) is 1.00. The molecule has 5 heteroatoms. The van der Waals surface area contributed by atoms with Crippen LogP contribution in [0.25, 0.3) is 0 Å². The largest absolute Gasteiger partial charge is 0.315 e. The van der Waals surface area contributed by atoms with Gasteiger partial charge in [-0.25, -0.2) is 12.7 Å². The first-order valence-electron chi connectivity index (χ1n) is 7.01. The van der Waals surface area contributed by atoms with Crippen molar-refractivity contribution >= 4 is 10.0 Å². The zero-order valence-electron chi connectivity index (χ0n) is 11.8. The van der Waals surface area contributed by atoms with Crippen molar-refractivity contribution in [3.8, 4) is 0 Å². The van der Waals surface area contributed by atoms with E-state index in [1.54, 1.807) is 4.31 Å². The lowest BCUT2D eigenvalue weighted by Gasteiger charge is -2.38. The molecule has 0 radical (unpaired) electrons. The van der Waals surface area contributed by atoms with E-state index in [0.717, 1.165) is 25.8 Å². The minimum atomic E-state index is -3.06. The second kappa shape index (κ2) is 5.10. The molecule has 0 saturated carbocycles. The zero-order valence-corrected chi connectivity index (χ0v) is 12.6. The van der Waals surface area contributed by atoms with Crippen molar-refractivity contribution in [3.05, 3.63) is 0 Å². The minimum Gasteiger partial charge on any atom is -0.315 e. The third kappa shape index (κ3) is 2.89. The van der Waals surface area contributed by atoms with Gasteiger partial charge >= 0.3 is 0 Å². The highest BCUT2D eigenvalue weighted by Crippen LogP contribution is 2.35. The Kier molecular flexibility index (Phi) is 4.04. The van der Waals surface area contributed by atoms with Gasteiger partial charge in [0.25, 0.3) is 0 Å². The Labute approximate surface area is 111 Å². The molecular formula is C13H26N2O2S. The first-order valence-corrected chi connectivity index (χ1v) is 8.52. The van der Waals surface area contributed by atoms with Crippen LogP contribution in [-0.2, 0) is 10.0 Å². The summed E-state index contributed by atoms with van der Waals surface area (Å²) in [5.41, 5.74) is 0.296. The molecular weight excluding hydrogens is 248 g/mol. The van der Waals surface area contributed by atoms with Gasteiger partial charge in [0.05, 0.1) is 5.25 Å². The van der Waals surface area contributed by atoms with Crippen LogP contribution in [0.1, 0.15) is 40.0 Å². The lowest BCUT2D eigenvalue weighted by atomic mass is 9.76. The molecule has 0 aromatic carbocycles. The molecule has 0 spiro atoms. The number of nitrogens with one attached hydrogen (secondary N) is 1. The quantitative estimate of drug-likeness (QED) is 0.829. The minimum absolute atomic E-state index is 0.191. The van der Waals surface area contributed by atoms with Gasteiger partial charge in [0.1, 0.15) is 0 Å². The molecule has 4 nitrogen and oxygen atoms in total. The summed E-state index contributed by atoms with van der Waals surface area (Å²) in [6, 6.07) is 0. The van der Waals surface area contributed by atoms with Crippen molar-refractivity contribution in [3.63, 3.8) is 0 Å².